The van der Waals surface area contributed by atoms with Gasteiger partial charge in [-0.2, -0.15) is 0 Å². The van der Waals surface area contributed by atoms with Crippen molar-refractivity contribution in [2.75, 3.05) is 17.3 Å². The van der Waals surface area contributed by atoms with Crippen LogP contribution in [0.1, 0.15) is 18.3 Å². The average molecular weight is 281 g/mol. The number of hydrogen-bond donors (Lipinski definition) is 0. The maximum atomic E-state index is 11.9. The van der Waals surface area contributed by atoms with Crippen molar-refractivity contribution >= 4 is 29.6 Å². The summed E-state index contributed by atoms with van der Waals surface area (Å²) >= 11 is 1.24. The van der Waals surface area contributed by atoms with E-state index in [1.54, 1.807) is 6.92 Å². The Labute approximate surface area is 115 Å². The summed E-state index contributed by atoms with van der Waals surface area (Å²) in [5.74, 6) is -0.0977. The number of nitrogens with zero attached hydrogens (tertiary/aromatic N) is 3. The topological polar surface area (TPSA) is 72.4 Å². The zero-order valence-corrected chi connectivity index (χ0v) is 11.9. The van der Waals surface area contributed by atoms with Crippen LogP contribution < -0.4 is 4.90 Å². The highest BCUT2D eigenvalue weighted by atomic mass is 32.2. The third-order valence-electron chi connectivity index (χ3n) is 2.54. The number of hydrogen-bond acceptors (Lipinski definition) is 6. The Balaban J connectivity index is 2.33. The lowest BCUT2D eigenvalue weighted by Gasteiger charge is -2.20. The van der Waals surface area contributed by atoms with Gasteiger partial charge < -0.3 is 4.74 Å². The van der Waals surface area contributed by atoms with Crippen molar-refractivity contribution in [2.45, 2.75) is 26.1 Å². The first-order valence-electron chi connectivity index (χ1n) is 5.95. The first-order valence-corrected chi connectivity index (χ1v) is 7.00. The van der Waals surface area contributed by atoms with Crippen LogP contribution in [0.2, 0.25) is 0 Å². The maximum Gasteiger partial charge on any atom is 0.339 e. The lowest BCUT2D eigenvalue weighted by molar-refractivity contribution is -0.143. The minimum atomic E-state index is -0.686. The predicted octanol–water partition coefficient (Wildman–Crippen LogP) is 1.06. The number of rotatable bonds is 3. The highest BCUT2D eigenvalue weighted by Gasteiger charge is 2.40. The number of aromatic nitrogens is 2. The Morgan fingerprint density at radius 2 is 2.11 bits per heavy atom. The minimum Gasteiger partial charge on any atom is -0.464 e. The third-order valence-corrected chi connectivity index (χ3v) is 3.67. The summed E-state index contributed by atoms with van der Waals surface area (Å²) in [6.45, 7) is 5.67. The summed E-state index contributed by atoms with van der Waals surface area (Å²) in [5, 5.41) is -0.686. The highest BCUT2D eigenvalue weighted by Crippen LogP contribution is 2.29. The molecule has 1 saturated heterocycles. The number of anilines is 1. The molecule has 6 nitrogen and oxygen atoms in total. The van der Waals surface area contributed by atoms with Crippen molar-refractivity contribution < 1.29 is 14.3 Å². The molecule has 1 unspecified atom stereocenters. The Morgan fingerprint density at radius 1 is 1.47 bits per heavy atom. The van der Waals surface area contributed by atoms with E-state index in [2.05, 4.69) is 9.97 Å². The van der Waals surface area contributed by atoms with Crippen molar-refractivity contribution in [2.24, 2.45) is 0 Å². The van der Waals surface area contributed by atoms with Crippen LogP contribution in [0.4, 0.5) is 5.95 Å². The Morgan fingerprint density at radius 3 is 2.68 bits per heavy atom. The quantitative estimate of drug-likeness (QED) is 0.771. The van der Waals surface area contributed by atoms with Gasteiger partial charge in [0.15, 0.2) is 5.37 Å². The van der Waals surface area contributed by atoms with Crippen molar-refractivity contribution in [1.29, 1.82) is 0 Å². The van der Waals surface area contributed by atoms with E-state index in [9.17, 15) is 9.59 Å². The van der Waals surface area contributed by atoms with Gasteiger partial charge in [0.25, 0.3) is 0 Å². The van der Waals surface area contributed by atoms with Crippen molar-refractivity contribution in [3.05, 3.63) is 17.5 Å². The van der Waals surface area contributed by atoms with Crippen molar-refractivity contribution in [3.63, 3.8) is 0 Å². The monoisotopic (exact) mass is 281 g/mol. The fraction of sp³-hybridized carbons (Fsp3) is 0.500. The van der Waals surface area contributed by atoms with Gasteiger partial charge in [-0.3, -0.25) is 9.69 Å². The molecule has 1 aliphatic rings. The molecule has 19 heavy (non-hydrogen) atoms. The molecule has 0 N–H and O–H groups in total. The number of carbonyl (C=O) groups is 2. The van der Waals surface area contributed by atoms with E-state index in [1.807, 2.05) is 19.9 Å². The number of esters is 1. The lowest BCUT2D eigenvalue weighted by atomic mass is 10.3. The molecule has 0 aliphatic carbocycles. The van der Waals surface area contributed by atoms with Crippen LogP contribution in [0, 0.1) is 13.8 Å². The van der Waals surface area contributed by atoms with Gasteiger partial charge in [-0.1, -0.05) is 0 Å². The predicted molar refractivity (Wildman–Crippen MR) is 71.9 cm³/mol. The van der Waals surface area contributed by atoms with Crippen LogP contribution in [-0.2, 0) is 14.3 Å². The summed E-state index contributed by atoms with van der Waals surface area (Å²) in [6.07, 6.45) is 0. The van der Waals surface area contributed by atoms with E-state index in [0.717, 1.165) is 11.4 Å². The Hall–Kier alpha value is -1.63. The first kappa shape index (κ1) is 13.8. The molecule has 1 atom stereocenters. The van der Waals surface area contributed by atoms with Crippen LogP contribution in [0.3, 0.4) is 0 Å². The van der Waals surface area contributed by atoms with Crippen LogP contribution >= 0.6 is 11.8 Å². The van der Waals surface area contributed by atoms with Gasteiger partial charge >= 0.3 is 5.97 Å². The maximum absolute atomic E-state index is 11.9. The number of aryl methyl sites for hydroxylation is 2. The highest BCUT2D eigenvalue weighted by molar-refractivity contribution is 8.01. The second-order valence-corrected chi connectivity index (χ2v) is 5.20. The molecule has 0 bridgehead atoms. The lowest BCUT2D eigenvalue weighted by Crippen LogP contribution is -2.40. The number of ether oxygens (including phenoxy) is 1. The summed E-state index contributed by atoms with van der Waals surface area (Å²) < 4.78 is 4.98. The Bertz CT molecular complexity index is 501. The molecule has 2 rings (SSSR count). The van der Waals surface area contributed by atoms with Gasteiger partial charge in [-0.25, -0.2) is 14.8 Å². The summed E-state index contributed by atoms with van der Waals surface area (Å²) in [7, 11) is 0. The number of thioether (sulfide) groups is 1. The van der Waals surface area contributed by atoms with Crippen molar-refractivity contribution in [1.82, 2.24) is 9.97 Å². The first-order chi connectivity index (χ1) is 9.02. The molecule has 102 valence electrons. The molecular weight excluding hydrogens is 266 g/mol. The molecule has 1 amide bonds. The largest absolute Gasteiger partial charge is 0.464 e. The number of amides is 1. The Kier molecular flexibility index (Phi) is 4.04. The normalized spacial score (nSPS) is 18.8. The fourth-order valence-electron chi connectivity index (χ4n) is 1.84. The second-order valence-electron chi connectivity index (χ2n) is 4.13. The zero-order chi connectivity index (χ0) is 14.0. The van der Waals surface area contributed by atoms with E-state index in [1.165, 1.54) is 16.7 Å². The molecule has 1 fully saturated rings. The molecule has 1 aromatic heterocycles. The average Bonchev–Trinajstić information content (AvgIpc) is 2.70. The molecule has 0 saturated carbocycles. The van der Waals surface area contributed by atoms with Crippen LogP contribution in [0.25, 0.3) is 0 Å². The van der Waals surface area contributed by atoms with Gasteiger partial charge in [-0.15, -0.1) is 11.8 Å². The van der Waals surface area contributed by atoms with E-state index in [0.29, 0.717) is 0 Å². The van der Waals surface area contributed by atoms with E-state index in [4.69, 9.17) is 4.74 Å². The zero-order valence-electron chi connectivity index (χ0n) is 11.0. The van der Waals surface area contributed by atoms with E-state index < -0.39 is 11.3 Å². The smallest absolute Gasteiger partial charge is 0.339 e. The van der Waals surface area contributed by atoms with E-state index in [-0.39, 0.29) is 24.2 Å². The summed E-state index contributed by atoms with van der Waals surface area (Å²) in [5.41, 5.74) is 1.52. The van der Waals surface area contributed by atoms with Gasteiger partial charge in [-0.05, 0) is 26.8 Å². The fourth-order valence-corrected chi connectivity index (χ4v) is 2.85. The van der Waals surface area contributed by atoms with Crippen LogP contribution in [-0.4, -0.2) is 39.6 Å². The molecule has 7 heteroatoms. The van der Waals surface area contributed by atoms with Gasteiger partial charge in [0, 0.05) is 11.4 Å². The molecule has 0 aromatic carbocycles. The standard InChI is InChI=1S/C12H15N3O3S/c1-4-18-11(17)10-15(9(16)6-19-10)12-13-7(2)5-8(3)14-12/h5,10H,4,6H2,1-3H3. The third kappa shape index (κ3) is 2.86. The van der Waals surface area contributed by atoms with Gasteiger partial charge in [0.2, 0.25) is 11.9 Å². The SMILES string of the molecule is CCOC(=O)C1SCC(=O)N1c1nc(C)cc(C)n1. The van der Waals surface area contributed by atoms with Crippen molar-refractivity contribution in [3.8, 4) is 0 Å². The van der Waals surface area contributed by atoms with Gasteiger partial charge in [0.05, 0.1) is 12.4 Å². The second kappa shape index (κ2) is 5.56. The summed E-state index contributed by atoms with van der Waals surface area (Å²) in [4.78, 5) is 33.6. The molecule has 0 radical (unpaired) electrons. The summed E-state index contributed by atoms with van der Waals surface area (Å²) in [6, 6.07) is 1.82. The van der Waals surface area contributed by atoms with Crippen LogP contribution in [0.15, 0.2) is 6.07 Å². The molecule has 2 heterocycles. The molecule has 1 aliphatic heterocycles. The minimum absolute atomic E-state index is 0.173. The molecule has 0 spiro atoms. The van der Waals surface area contributed by atoms with Crippen LogP contribution in [0.5, 0.6) is 0 Å². The number of carbonyl (C=O) groups excluding carboxylic acids is 2. The van der Waals surface area contributed by atoms with E-state index >= 15 is 0 Å². The van der Waals surface area contributed by atoms with Gasteiger partial charge in [0.1, 0.15) is 0 Å². The molecule has 1 aromatic rings. The molecular formula is C12H15N3O3S.